The fourth-order valence-corrected chi connectivity index (χ4v) is 7.11. The molecule has 0 aliphatic carbocycles. The van der Waals surface area contributed by atoms with Gasteiger partial charge in [0.25, 0.3) is 0 Å². The normalized spacial score (nSPS) is 19.6. The van der Waals surface area contributed by atoms with E-state index in [9.17, 15) is 9.59 Å². The predicted octanol–water partition coefficient (Wildman–Crippen LogP) is 6.32. The van der Waals surface area contributed by atoms with Gasteiger partial charge in [-0.2, -0.15) is 14.7 Å². The molecule has 0 radical (unpaired) electrons. The van der Waals surface area contributed by atoms with Crippen molar-refractivity contribution in [3.05, 3.63) is 41.5 Å². The number of aromatic nitrogens is 5. The molecule has 3 aromatic rings. The summed E-state index contributed by atoms with van der Waals surface area (Å²) in [5.74, 6) is 0.979. The summed E-state index contributed by atoms with van der Waals surface area (Å²) < 4.78 is 20.0. The van der Waals surface area contributed by atoms with Crippen molar-refractivity contribution in [2.75, 3.05) is 31.1 Å². The molecular weight excluding hydrogens is 630 g/mol. The molecule has 48 heavy (non-hydrogen) atoms. The number of ether oxygens (including phenoxy) is 2. The number of amides is 2. The van der Waals surface area contributed by atoms with Gasteiger partial charge in [-0.15, -0.1) is 0 Å². The Hall–Kier alpha value is -3.91. The maximum atomic E-state index is 14.1. The number of allylic oxidation sites excluding steroid dienone is 1. The van der Waals surface area contributed by atoms with Crippen LogP contribution in [0, 0.1) is 5.92 Å². The van der Waals surface area contributed by atoms with E-state index in [1.54, 1.807) is 31.4 Å². The Kier molecular flexibility index (Phi) is 9.58. The molecule has 2 saturated heterocycles. The van der Waals surface area contributed by atoms with Gasteiger partial charge in [0.2, 0.25) is 0 Å². The smallest absolute Gasteiger partial charge is 0.421 e. The van der Waals surface area contributed by atoms with Crippen molar-refractivity contribution in [3.8, 4) is 11.1 Å². The highest BCUT2D eigenvalue weighted by Crippen LogP contribution is 2.38. The molecule has 1 unspecified atom stereocenters. The molecule has 14 heteroatoms. The minimum Gasteiger partial charge on any atom is -0.444 e. The minimum absolute atomic E-state index is 0.184. The van der Waals surface area contributed by atoms with Crippen LogP contribution in [0.5, 0.6) is 0 Å². The standard InChI is InChI=1S/C34H47N9O4S/c1-33(2,3)46-31(44)41-15-12-22(13-16-41)26-10-11-29(48-39-26)42(32(45)47-34(4,5)6)28-17-27(23-9-8-14-35-18-23)38-30-25(20-37-43(28)30)24-19-36-40(7)21-24/h11,17,19-23,35H,8-10,12-16,18H2,1-7H3. The number of nitrogens with one attached hydrogen (secondary N) is 1. The molecule has 6 heterocycles. The van der Waals surface area contributed by atoms with Crippen molar-refractivity contribution in [2.24, 2.45) is 17.4 Å². The van der Waals surface area contributed by atoms with Crippen molar-refractivity contribution in [2.45, 2.75) is 90.8 Å². The van der Waals surface area contributed by atoms with E-state index in [-0.39, 0.29) is 17.9 Å². The Bertz CT molecular complexity index is 1720. The number of fused-ring (bicyclic) bond motifs is 1. The van der Waals surface area contributed by atoms with E-state index in [1.807, 2.05) is 60.9 Å². The Labute approximate surface area is 286 Å². The van der Waals surface area contributed by atoms with Crippen LogP contribution in [0.2, 0.25) is 0 Å². The van der Waals surface area contributed by atoms with Crippen molar-refractivity contribution >= 4 is 41.3 Å². The van der Waals surface area contributed by atoms with Crippen LogP contribution < -0.4 is 10.2 Å². The van der Waals surface area contributed by atoms with Gasteiger partial charge in [-0.25, -0.2) is 23.9 Å². The van der Waals surface area contributed by atoms with Gasteiger partial charge in [-0.05, 0) is 79.8 Å². The van der Waals surface area contributed by atoms with E-state index in [0.717, 1.165) is 61.3 Å². The first-order chi connectivity index (χ1) is 22.8. The maximum Gasteiger partial charge on any atom is 0.421 e. The molecule has 2 fully saturated rings. The zero-order valence-electron chi connectivity index (χ0n) is 29.0. The summed E-state index contributed by atoms with van der Waals surface area (Å²) in [5.41, 5.74) is 3.09. The highest BCUT2D eigenvalue weighted by atomic mass is 32.2. The van der Waals surface area contributed by atoms with Gasteiger partial charge in [-0.3, -0.25) is 4.68 Å². The molecule has 1 N–H and O–H groups in total. The molecule has 0 spiro atoms. The summed E-state index contributed by atoms with van der Waals surface area (Å²) in [4.78, 5) is 35.2. The van der Waals surface area contributed by atoms with Gasteiger partial charge < -0.3 is 19.7 Å². The summed E-state index contributed by atoms with van der Waals surface area (Å²) in [7, 11) is 1.88. The van der Waals surface area contributed by atoms with Crippen LogP contribution in [0.3, 0.4) is 0 Å². The van der Waals surface area contributed by atoms with Gasteiger partial charge in [-0.1, -0.05) is 0 Å². The van der Waals surface area contributed by atoms with Crippen LogP contribution in [0.15, 0.2) is 40.2 Å². The first-order valence-corrected chi connectivity index (χ1v) is 17.6. The first kappa shape index (κ1) is 34.0. The van der Waals surface area contributed by atoms with Crippen LogP contribution in [0.25, 0.3) is 16.8 Å². The molecule has 0 bridgehead atoms. The highest BCUT2D eigenvalue weighted by Gasteiger charge is 2.34. The summed E-state index contributed by atoms with van der Waals surface area (Å²) in [6.07, 6.45) is 11.0. The second kappa shape index (κ2) is 13.5. The lowest BCUT2D eigenvalue weighted by atomic mass is 9.90. The predicted molar refractivity (Wildman–Crippen MR) is 187 cm³/mol. The zero-order chi connectivity index (χ0) is 34.2. The molecule has 6 rings (SSSR count). The molecule has 0 saturated carbocycles. The zero-order valence-corrected chi connectivity index (χ0v) is 29.8. The van der Waals surface area contributed by atoms with Gasteiger partial charge in [0.05, 0.1) is 18.1 Å². The maximum absolute atomic E-state index is 14.1. The van der Waals surface area contributed by atoms with Crippen molar-refractivity contribution in [1.29, 1.82) is 0 Å². The summed E-state index contributed by atoms with van der Waals surface area (Å²) in [6.45, 7) is 14.3. The van der Waals surface area contributed by atoms with Crippen LogP contribution in [0.1, 0.15) is 85.3 Å². The Balaban J connectivity index is 1.31. The lowest BCUT2D eigenvalue weighted by molar-refractivity contribution is 0.0201. The lowest BCUT2D eigenvalue weighted by Crippen LogP contribution is -2.43. The van der Waals surface area contributed by atoms with E-state index in [0.29, 0.717) is 36.0 Å². The number of hydrogen-bond acceptors (Lipinski definition) is 10. The van der Waals surface area contributed by atoms with Crippen molar-refractivity contribution < 1.29 is 19.1 Å². The molecular formula is C34H47N9O4S. The first-order valence-electron chi connectivity index (χ1n) is 16.8. The lowest BCUT2D eigenvalue weighted by Gasteiger charge is -2.34. The van der Waals surface area contributed by atoms with E-state index in [2.05, 4.69) is 16.5 Å². The van der Waals surface area contributed by atoms with E-state index >= 15 is 0 Å². The molecule has 13 nitrogen and oxygen atoms in total. The number of carbonyl (C=O) groups is 2. The van der Waals surface area contributed by atoms with Gasteiger partial charge >= 0.3 is 12.2 Å². The Morgan fingerprint density at radius 2 is 1.75 bits per heavy atom. The number of anilines is 1. The van der Waals surface area contributed by atoms with Gasteiger partial charge in [0, 0.05) is 86.0 Å². The molecule has 0 aromatic carbocycles. The second-order valence-corrected chi connectivity index (χ2v) is 15.5. The average molecular weight is 678 g/mol. The van der Waals surface area contributed by atoms with E-state index in [4.69, 9.17) is 24.0 Å². The number of aryl methyl sites for hydroxylation is 1. The number of nitrogens with zero attached hydrogens (tertiary/aromatic N) is 8. The van der Waals surface area contributed by atoms with Crippen LogP contribution in [-0.2, 0) is 16.5 Å². The number of piperidine rings is 2. The largest absolute Gasteiger partial charge is 0.444 e. The van der Waals surface area contributed by atoms with Gasteiger partial charge in [0.1, 0.15) is 22.0 Å². The van der Waals surface area contributed by atoms with Crippen LogP contribution >= 0.6 is 11.9 Å². The van der Waals surface area contributed by atoms with Crippen molar-refractivity contribution in [3.63, 3.8) is 0 Å². The van der Waals surface area contributed by atoms with Gasteiger partial charge in [0.15, 0.2) is 5.65 Å². The van der Waals surface area contributed by atoms with Crippen LogP contribution in [-0.4, -0.2) is 84.6 Å². The molecule has 258 valence electrons. The monoisotopic (exact) mass is 677 g/mol. The highest BCUT2D eigenvalue weighted by molar-refractivity contribution is 8.02. The Morgan fingerprint density at radius 1 is 1.00 bits per heavy atom. The summed E-state index contributed by atoms with van der Waals surface area (Å²) in [6, 6.07) is 1.97. The van der Waals surface area contributed by atoms with E-state index in [1.165, 1.54) is 11.9 Å². The quantitative estimate of drug-likeness (QED) is 0.308. The average Bonchev–Trinajstić information content (AvgIpc) is 3.66. The third-order valence-electron chi connectivity index (χ3n) is 8.59. The summed E-state index contributed by atoms with van der Waals surface area (Å²) in [5, 5.41) is 13.3. The number of rotatable bonds is 5. The topological polar surface area (TPSA) is 131 Å². The van der Waals surface area contributed by atoms with Crippen molar-refractivity contribution in [1.82, 2.24) is 34.6 Å². The third kappa shape index (κ3) is 7.70. The van der Waals surface area contributed by atoms with E-state index < -0.39 is 17.3 Å². The third-order valence-corrected chi connectivity index (χ3v) is 9.45. The Morgan fingerprint density at radius 3 is 2.35 bits per heavy atom. The minimum atomic E-state index is -0.723. The fraction of sp³-hybridized carbons (Fsp3) is 0.588. The SMILES string of the molecule is Cn1cc(-c2cnn3c(N(C(=O)OC(C)(C)C)C4=CCC(C5CCN(C(=O)OC(C)(C)C)CC5)=NS4)cc(C4CCCNC4)nc23)cn1. The molecule has 2 amide bonds. The molecule has 3 aliphatic rings. The summed E-state index contributed by atoms with van der Waals surface area (Å²) >= 11 is 1.28. The van der Waals surface area contributed by atoms with Crippen LogP contribution in [0.4, 0.5) is 15.4 Å². The second-order valence-electron chi connectivity index (χ2n) is 14.8. The molecule has 3 aromatic heterocycles. The molecule has 3 aliphatic heterocycles. The number of likely N-dealkylation sites (tertiary alicyclic amines) is 1. The fourth-order valence-electron chi connectivity index (χ4n) is 6.27. The number of carbonyl (C=O) groups excluding carboxylic acids is 2. The molecule has 1 atom stereocenters. The number of hydrogen-bond donors (Lipinski definition) is 1.